The summed E-state index contributed by atoms with van der Waals surface area (Å²) in [6, 6.07) is 16.4. The van der Waals surface area contributed by atoms with Crippen LogP contribution in [0.3, 0.4) is 0 Å². The van der Waals surface area contributed by atoms with Crippen LogP contribution in [0.5, 0.6) is 0 Å². The predicted octanol–water partition coefficient (Wildman–Crippen LogP) is 4.83. The lowest BCUT2D eigenvalue weighted by Gasteiger charge is -2.12. The Morgan fingerprint density at radius 1 is 1.10 bits per heavy atom. The smallest absolute Gasteiger partial charge is 0.230 e. The van der Waals surface area contributed by atoms with Crippen LogP contribution >= 0.6 is 11.6 Å². The van der Waals surface area contributed by atoms with Crippen molar-refractivity contribution in [1.29, 1.82) is 0 Å². The molecule has 1 atom stereocenters. The van der Waals surface area contributed by atoms with E-state index < -0.39 is 0 Å². The number of hydrogen-bond donors (Lipinski definition) is 1. The van der Waals surface area contributed by atoms with E-state index in [1.807, 2.05) is 49.8 Å². The Morgan fingerprint density at radius 2 is 1.87 bits per heavy atom. The zero-order chi connectivity index (χ0) is 21.3. The van der Waals surface area contributed by atoms with Gasteiger partial charge in [0.15, 0.2) is 5.82 Å². The number of amides is 1. The van der Waals surface area contributed by atoms with Crippen LogP contribution in [0.15, 0.2) is 54.7 Å². The molecule has 0 aliphatic carbocycles. The fraction of sp³-hybridized carbons (Fsp3) is 0.261. The Hall–Kier alpha value is -3.12. The highest BCUT2D eigenvalue weighted by Gasteiger charge is 2.18. The van der Waals surface area contributed by atoms with Crippen molar-refractivity contribution in [3.8, 4) is 0 Å². The van der Waals surface area contributed by atoms with Crippen LogP contribution in [0.4, 0.5) is 5.82 Å². The van der Waals surface area contributed by atoms with Crippen LogP contribution in [-0.4, -0.2) is 25.5 Å². The van der Waals surface area contributed by atoms with E-state index in [0.29, 0.717) is 23.9 Å². The largest absolute Gasteiger partial charge is 0.309 e. The molecular weight excluding hydrogens is 398 g/mol. The van der Waals surface area contributed by atoms with Gasteiger partial charge in [-0.05, 0) is 30.2 Å². The third-order valence-corrected chi connectivity index (χ3v) is 5.84. The van der Waals surface area contributed by atoms with Crippen molar-refractivity contribution in [1.82, 2.24) is 19.6 Å². The molecule has 0 saturated heterocycles. The first-order chi connectivity index (χ1) is 14.4. The minimum Gasteiger partial charge on any atom is -0.309 e. The average Bonchev–Trinajstić information content (AvgIpc) is 3.27. The second-order valence-corrected chi connectivity index (χ2v) is 7.97. The summed E-state index contributed by atoms with van der Waals surface area (Å²) in [5.74, 6) is 0.162. The number of carbonyl (C=O) groups is 1. The molecule has 0 aliphatic heterocycles. The van der Waals surface area contributed by atoms with Crippen LogP contribution in [0.1, 0.15) is 23.9 Å². The highest BCUT2D eigenvalue weighted by Crippen LogP contribution is 2.21. The number of nitrogens with zero attached hydrogens (tertiary/aromatic N) is 4. The number of benzene rings is 2. The minimum absolute atomic E-state index is 0.103. The van der Waals surface area contributed by atoms with Gasteiger partial charge < -0.3 is 5.32 Å². The van der Waals surface area contributed by atoms with Crippen molar-refractivity contribution in [2.24, 2.45) is 5.92 Å². The first-order valence-corrected chi connectivity index (χ1v) is 10.3. The second kappa shape index (κ2) is 8.32. The fourth-order valence-electron chi connectivity index (χ4n) is 3.57. The van der Waals surface area contributed by atoms with Gasteiger partial charge in [0.05, 0.1) is 35.4 Å². The molecular formula is C23H24ClN5O. The third kappa shape index (κ3) is 4.09. The summed E-state index contributed by atoms with van der Waals surface area (Å²) in [4.78, 5) is 12.6. The quantitative estimate of drug-likeness (QED) is 0.485. The molecule has 0 fully saturated rings. The molecule has 2 aromatic carbocycles. The van der Waals surface area contributed by atoms with E-state index in [1.165, 1.54) is 16.3 Å². The summed E-state index contributed by atoms with van der Waals surface area (Å²) in [6.07, 6.45) is 1.88. The summed E-state index contributed by atoms with van der Waals surface area (Å²) in [5.41, 5.74) is 2.82. The molecule has 2 aromatic heterocycles. The van der Waals surface area contributed by atoms with Gasteiger partial charge in [-0.15, -0.1) is 0 Å². The van der Waals surface area contributed by atoms with E-state index in [1.54, 1.807) is 4.68 Å². The number of fused-ring (bicyclic) bond motifs is 1. The minimum atomic E-state index is -0.276. The van der Waals surface area contributed by atoms with Gasteiger partial charge in [-0.3, -0.25) is 14.2 Å². The van der Waals surface area contributed by atoms with E-state index in [0.717, 1.165) is 11.4 Å². The molecule has 1 unspecified atom stereocenters. The zero-order valence-corrected chi connectivity index (χ0v) is 18.0. The molecule has 2 heterocycles. The van der Waals surface area contributed by atoms with Crippen molar-refractivity contribution < 1.29 is 4.79 Å². The molecule has 4 aromatic rings. The van der Waals surface area contributed by atoms with Crippen molar-refractivity contribution in [3.63, 3.8) is 0 Å². The Labute approximate surface area is 180 Å². The van der Waals surface area contributed by atoms with Crippen LogP contribution < -0.4 is 5.32 Å². The Balaban J connectivity index is 1.42. The molecule has 0 saturated carbocycles. The van der Waals surface area contributed by atoms with Crippen molar-refractivity contribution in [2.75, 3.05) is 5.32 Å². The Kier molecular flexibility index (Phi) is 5.59. The maximum Gasteiger partial charge on any atom is 0.230 e. The van der Waals surface area contributed by atoms with Crippen LogP contribution in [0.2, 0.25) is 5.02 Å². The Bertz CT molecular complexity index is 1200. The zero-order valence-electron chi connectivity index (χ0n) is 17.3. The molecule has 0 spiro atoms. The van der Waals surface area contributed by atoms with Crippen molar-refractivity contribution >= 4 is 34.1 Å². The highest BCUT2D eigenvalue weighted by atomic mass is 35.5. The molecule has 154 valence electrons. The molecule has 0 radical (unpaired) electrons. The first-order valence-electron chi connectivity index (χ1n) is 9.93. The normalized spacial score (nSPS) is 12.3. The van der Waals surface area contributed by atoms with Gasteiger partial charge in [0, 0.05) is 12.3 Å². The predicted molar refractivity (Wildman–Crippen MR) is 120 cm³/mol. The number of anilines is 1. The number of aromatic nitrogens is 4. The van der Waals surface area contributed by atoms with E-state index in [-0.39, 0.29) is 11.8 Å². The van der Waals surface area contributed by atoms with Gasteiger partial charge >= 0.3 is 0 Å². The van der Waals surface area contributed by atoms with Gasteiger partial charge in [-0.1, -0.05) is 61.0 Å². The van der Waals surface area contributed by atoms with E-state index in [2.05, 4.69) is 45.8 Å². The number of halogens is 1. The van der Waals surface area contributed by atoms with E-state index in [4.69, 9.17) is 11.6 Å². The van der Waals surface area contributed by atoms with E-state index in [9.17, 15) is 4.79 Å². The van der Waals surface area contributed by atoms with Crippen molar-refractivity contribution in [3.05, 3.63) is 76.7 Å². The highest BCUT2D eigenvalue weighted by molar-refractivity contribution is 6.31. The van der Waals surface area contributed by atoms with Crippen LogP contribution in [0.25, 0.3) is 10.8 Å². The van der Waals surface area contributed by atoms with Gasteiger partial charge in [0.25, 0.3) is 0 Å². The fourth-order valence-corrected chi connectivity index (χ4v) is 3.70. The van der Waals surface area contributed by atoms with Gasteiger partial charge in [0.2, 0.25) is 5.91 Å². The lowest BCUT2D eigenvalue weighted by molar-refractivity contribution is -0.119. The molecule has 0 bridgehead atoms. The molecule has 0 aliphatic rings. The van der Waals surface area contributed by atoms with Gasteiger partial charge in [0.1, 0.15) is 0 Å². The standard InChI is InChI=1S/C23H24ClN5O/c1-15(13-29-17(3)22(24)16(2)26-29)23(30)25-21-11-12-28(27-21)14-19-9-6-8-18-7-4-5-10-20(18)19/h4-12,15H,13-14H2,1-3H3,(H,25,27,30). The Morgan fingerprint density at radius 3 is 2.63 bits per heavy atom. The summed E-state index contributed by atoms with van der Waals surface area (Å²) in [5, 5.41) is 14.9. The average molecular weight is 422 g/mol. The van der Waals surface area contributed by atoms with Crippen LogP contribution in [-0.2, 0) is 17.9 Å². The molecule has 1 N–H and O–H groups in total. The number of nitrogens with one attached hydrogen (secondary N) is 1. The monoisotopic (exact) mass is 421 g/mol. The lowest BCUT2D eigenvalue weighted by Crippen LogP contribution is -2.25. The molecule has 4 rings (SSSR count). The number of hydrogen-bond acceptors (Lipinski definition) is 3. The number of rotatable bonds is 6. The molecule has 7 heteroatoms. The molecule has 30 heavy (non-hydrogen) atoms. The summed E-state index contributed by atoms with van der Waals surface area (Å²) < 4.78 is 3.61. The maximum absolute atomic E-state index is 12.6. The van der Waals surface area contributed by atoms with E-state index >= 15 is 0 Å². The van der Waals surface area contributed by atoms with Crippen LogP contribution in [0, 0.1) is 19.8 Å². The summed E-state index contributed by atoms with van der Waals surface area (Å²) in [6.45, 7) is 6.73. The summed E-state index contributed by atoms with van der Waals surface area (Å²) in [7, 11) is 0. The number of aryl methyl sites for hydroxylation is 1. The van der Waals surface area contributed by atoms with Gasteiger partial charge in [-0.2, -0.15) is 10.2 Å². The lowest BCUT2D eigenvalue weighted by atomic mass is 10.0. The molecule has 6 nitrogen and oxygen atoms in total. The van der Waals surface area contributed by atoms with Gasteiger partial charge in [-0.25, -0.2) is 0 Å². The molecule has 1 amide bonds. The van der Waals surface area contributed by atoms with Crippen molar-refractivity contribution in [2.45, 2.75) is 33.9 Å². The third-order valence-electron chi connectivity index (χ3n) is 5.29. The first kappa shape index (κ1) is 20.2. The maximum atomic E-state index is 12.6. The number of carbonyl (C=O) groups excluding carboxylic acids is 1. The SMILES string of the molecule is Cc1nn(CC(C)C(=O)Nc2ccn(Cc3cccc4ccccc34)n2)c(C)c1Cl. The second-order valence-electron chi connectivity index (χ2n) is 7.59. The summed E-state index contributed by atoms with van der Waals surface area (Å²) >= 11 is 6.20. The topological polar surface area (TPSA) is 64.7 Å².